The highest BCUT2D eigenvalue weighted by molar-refractivity contribution is 6.03. The van der Waals surface area contributed by atoms with Crippen molar-refractivity contribution < 1.29 is 53.4 Å². The van der Waals surface area contributed by atoms with E-state index in [0.29, 0.717) is 48.8 Å². The second-order valence-corrected chi connectivity index (χ2v) is 15.2. The molecule has 3 N–H and O–H groups in total. The Balaban J connectivity index is 1.43. The van der Waals surface area contributed by atoms with Gasteiger partial charge in [-0.05, 0) is 98.8 Å². The van der Waals surface area contributed by atoms with Gasteiger partial charge in [-0.3, -0.25) is 4.90 Å². The summed E-state index contributed by atoms with van der Waals surface area (Å²) in [6.07, 6.45) is 10.3. The van der Waals surface area contributed by atoms with Gasteiger partial charge in [0.05, 0.1) is 31.5 Å². The maximum absolute atomic E-state index is 14.4. The van der Waals surface area contributed by atoms with Crippen LogP contribution in [0.15, 0.2) is 65.9 Å². The van der Waals surface area contributed by atoms with Gasteiger partial charge in [0, 0.05) is 44.1 Å². The van der Waals surface area contributed by atoms with E-state index in [4.69, 9.17) is 38.4 Å². The minimum absolute atomic E-state index is 0.0256. The van der Waals surface area contributed by atoms with Crippen molar-refractivity contribution in [1.29, 1.82) is 0 Å². The van der Waals surface area contributed by atoms with Crippen LogP contribution in [0.5, 0.6) is 23.0 Å². The van der Waals surface area contributed by atoms with Crippen LogP contribution in [-0.4, -0.2) is 90.0 Å². The van der Waals surface area contributed by atoms with Gasteiger partial charge >= 0.3 is 6.09 Å². The van der Waals surface area contributed by atoms with Crippen molar-refractivity contribution in [3.63, 3.8) is 0 Å². The van der Waals surface area contributed by atoms with Gasteiger partial charge in [0.25, 0.3) is 0 Å². The third kappa shape index (κ3) is 8.23. The van der Waals surface area contributed by atoms with Crippen LogP contribution in [0.25, 0.3) is 0 Å². The molecule has 2 aromatic rings. The average molecular weight is 777 g/mol. The second-order valence-electron chi connectivity index (χ2n) is 15.2. The summed E-state index contributed by atoms with van der Waals surface area (Å²) in [5, 5.41) is 35.5. The van der Waals surface area contributed by atoms with E-state index in [1.54, 1.807) is 36.1 Å². The van der Waals surface area contributed by atoms with Crippen molar-refractivity contribution in [3.05, 3.63) is 71.8 Å². The van der Waals surface area contributed by atoms with E-state index in [1.165, 1.54) is 0 Å². The molecule has 0 aromatic heterocycles. The third-order valence-electron chi connectivity index (χ3n) is 11.7. The molecule has 0 radical (unpaired) electrons. The predicted molar refractivity (Wildman–Crippen MR) is 206 cm³/mol. The van der Waals surface area contributed by atoms with E-state index in [2.05, 4.69) is 12.7 Å². The zero-order valence-electron chi connectivity index (χ0n) is 32.3. The maximum Gasteiger partial charge on any atom is 0.410 e. The molecule has 304 valence electrons. The topological polar surface area (TPSA) is 158 Å². The largest absolute Gasteiger partial charge is 0.508 e. The SMILES string of the molecule is C=CCO[C@@]12Oc3ccc(O)cc3[C@H]3[C@H](CCCCO)[C@@H](CCCCO)C=C(C(=NOC4CCCCO4)C[C@@H]1N(Cc1ccc4c(c1)OCO4)C(=O)OCC)[C@H]32. The van der Waals surface area contributed by atoms with Crippen molar-refractivity contribution in [2.45, 2.75) is 102 Å². The monoisotopic (exact) mass is 776 g/mol. The number of hydrogen-bond acceptors (Lipinski definition) is 12. The van der Waals surface area contributed by atoms with E-state index in [-0.39, 0.29) is 69.7 Å². The number of amides is 1. The van der Waals surface area contributed by atoms with E-state index < -0.39 is 30.1 Å². The second kappa shape index (κ2) is 18.3. The number of oxime groups is 1. The Morgan fingerprint density at radius 1 is 1.04 bits per heavy atom. The molecule has 1 saturated carbocycles. The lowest BCUT2D eigenvalue weighted by Crippen LogP contribution is -2.70. The summed E-state index contributed by atoms with van der Waals surface area (Å²) in [5.74, 6) is -0.273. The quantitative estimate of drug-likeness (QED) is 0.0869. The number of phenols is 1. The van der Waals surface area contributed by atoms with Gasteiger partial charge in [-0.25, -0.2) is 4.79 Å². The Labute approximate surface area is 328 Å². The number of allylic oxidation sites excluding steroid dienone is 1. The first-order valence-corrected chi connectivity index (χ1v) is 20.3. The summed E-state index contributed by atoms with van der Waals surface area (Å²) in [6.45, 7) is 7.06. The molecular formula is C43H56N2O11. The Hall–Kier alpha value is -4.30. The molecule has 1 saturated heterocycles. The van der Waals surface area contributed by atoms with Crippen LogP contribution in [0, 0.1) is 17.8 Å². The highest BCUT2D eigenvalue weighted by Crippen LogP contribution is 2.62. The molecule has 5 aliphatic rings. The number of rotatable bonds is 17. The molecule has 2 aliphatic carbocycles. The van der Waals surface area contributed by atoms with E-state index >= 15 is 0 Å². The summed E-state index contributed by atoms with van der Waals surface area (Å²) in [5.41, 5.74) is 3.19. The molecule has 3 aliphatic heterocycles. The number of benzene rings is 2. The normalized spacial score (nSPS) is 28.1. The van der Waals surface area contributed by atoms with Crippen molar-refractivity contribution >= 4 is 11.8 Å². The number of nitrogens with zero attached hydrogens (tertiary/aromatic N) is 2. The molecule has 13 nitrogen and oxygen atoms in total. The highest BCUT2D eigenvalue weighted by atomic mass is 16.8. The smallest absolute Gasteiger partial charge is 0.410 e. The van der Waals surface area contributed by atoms with E-state index in [0.717, 1.165) is 55.2 Å². The van der Waals surface area contributed by atoms with Crippen molar-refractivity contribution in [2.75, 3.05) is 39.8 Å². The first-order valence-electron chi connectivity index (χ1n) is 20.3. The fraction of sp³-hybridized carbons (Fsp3) is 0.581. The molecule has 1 amide bonds. The number of aliphatic hydroxyl groups excluding tert-OH is 2. The Morgan fingerprint density at radius 2 is 1.84 bits per heavy atom. The van der Waals surface area contributed by atoms with Crippen LogP contribution in [0.3, 0.4) is 0 Å². The first-order chi connectivity index (χ1) is 27.4. The van der Waals surface area contributed by atoms with E-state index in [9.17, 15) is 20.1 Å². The number of unbranched alkanes of at least 4 members (excludes halogenated alkanes) is 2. The lowest BCUT2D eigenvalue weighted by atomic mass is 9.55. The van der Waals surface area contributed by atoms with Crippen LogP contribution in [0.4, 0.5) is 4.79 Å². The number of aliphatic hydroxyl groups is 2. The Morgan fingerprint density at radius 3 is 2.61 bits per heavy atom. The minimum Gasteiger partial charge on any atom is -0.508 e. The van der Waals surface area contributed by atoms with Crippen molar-refractivity contribution in [1.82, 2.24) is 4.90 Å². The summed E-state index contributed by atoms with van der Waals surface area (Å²) in [6, 6.07) is 9.99. The molecule has 1 unspecified atom stereocenters. The lowest BCUT2D eigenvalue weighted by Gasteiger charge is -2.59. The Kier molecular flexibility index (Phi) is 13.1. The van der Waals surface area contributed by atoms with Gasteiger partial charge in [-0.2, -0.15) is 0 Å². The molecule has 13 heteroatoms. The van der Waals surface area contributed by atoms with Crippen LogP contribution >= 0.6 is 0 Å². The van der Waals surface area contributed by atoms with E-state index in [1.807, 2.05) is 18.2 Å². The van der Waals surface area contributed by atoms with Gasteiger partial charge in [0.2, 0.25) is 18.9 Å². The highest BCUT2D eigenvalue weighted by Gasteiger charge is 2.65. The van der Waals surface area contributed by atoms with Crippen LogP contribution in [0.1, 0.15) is 88.2 Å². The van der Waals surface area contributed by atoms with Crippen LogP contribution in [-0.2, 0) is 25.6 Å². The zero-order valence-corrected chi connectivity index (χ0v) is 32.3. The summed E-state index contributed by atoms with van der Waals surface area (Å²) in [4.78, 5) is 22.3. The number of fused-ring (bicyclic) bond motifs is 3. The number of carbonyl (C=O) groups is 1. The fourth-order valence-corrected chi connectivity index (χ4v) is 9.32. The molecular weight excluding hydrogens is 720 g/mol. The maximum atomic E-state index is 14.4. The molecule has 3 heterocycles. The van der Waals surface area contributed by atoms with Gasteiger partial charge in [-0.15, -0.1) is 6.58 Å². The lowest BCUT2D eigenvalue weighted by molar-refractivity contribution is -0.256. The minimum atomic E-state index is -1.47. The number of carbonyl (C=O) groups excluding carboxylic acids is 1. The molecule has 2 aromatic carbocycles. The van der Waals surface area contributed by atoms with Gasteiger partial charge in [0.15, 0.2) is 11.5 Å². The molecule has 0 spiro atoms. The van der Waals surface area contributed by atoms with Crippen molar-refractivity contribution in [3.8, 4) is 23.0 Å². The predicted octanol–water partition coefficient (Wildman–Crippen LogP) is 6.94. The van der Waals surface area contributed by atoms with Gasteiger partial charge in [-0.1, -0.05) is 36.2 Å². The first kappa shape index (κ1) is 39.9. The number of aromatic hydroxyl groups is 1. The molecule has 2 fully saturated rings. The standard InChI is InChI=1S/C43H56N2O11/c1-3-20-54-43-38(45(42(49)50-4-2)26-28-14-16-36-37(22-28)53-27-52-36)25-34(44-56-39-13-7-10-21-51-39)32-23-29(11-5-8-18-46)31(12-6-9-19-47)40(41(32)43)33-24-30(48)15-17-35(33)55-43/h3,14-17,22-24,29,31,38-41,46-48H,1,4-13,18-21,25-27H2,2H3/t29-,31+,38-,39?,40+,41+,43+/m0/s1. The number of ether oxygens (including phenoxy) is 6. The van der Waals surface area contributed by atoms with Gasteiger partial charge < -0.3 is 48.6 Å². The third-order valence-corrected chi connectivity index (χ3v) is 11.7. The Bertz CT molecular complexity index is 1740. The average Bonchev–Trinajstić information content (AvgIpc) is 3.68. The fourth-order valence-electron chi connectivity index (χ4n) is 9.32. The molecule has 7 rings (SSSR count). The number of hydrogen-bond donors (Lipinski definition) is 3. The summed E-state index contributed by atoms with van der Waals surface area (Å²) >= 11 is 0. The van der Waals surface area contributed by atoms with Crippen LogP contribution in [0.2, 0.25) is 0 Å². The van der Waals surface area contributed by atoms with Crippen molar-refractivity contribution in [2.24, 2.45) is 22.9 Å². The molecule has 7 atom stereocenters. The van der Waals surface area contributed by atoms with Gasteiger partial charge in [0.1, 0.15) is 17.5 Å². The zero-order chi connectivity index (χ0) is 39.1. The van der Waals surface area contributed by atoms with Crippen LogP contribution < -0.4 is 14.2 Å². The molecule has 0 bridgehead atoms. The summed E-state index contributed by atoms with van der Waals surface area (Å²) in [7, 11) is 0. The molecule has 56 heavy (non-hydrogen) atoms. The number of phenolic OH excluding ortho intramolecular Hbond substituents is 1. The summed E-state index contributed by atoms with van der Waals surface area (Å²) < 4.78 is 37.2.